The first-order chi connectivity index (χ1) is 14.8. The maximum absolute atomic E-state index is 13.9. The van der Waals surface area contributed by atoms with E-state index >= 15 is 0 Å². The summed E-state index contributed by atoms with van der Waals surface area (Å²) in [4.78, 5) is 0. The fourth-order valence-electron chi connectivity index (χ4n) is 3.49. The van der Waals surface area contributed by atoms with Gasteiger partial charge in [-0.05, 0) is 23.3 Å². The first-order valence-corrected chi connectivity index (χ1v) is 10.1. The van der Waals surface area contributed by atoms with Gasteiger partial charge in [-0.2, -0.15) is 0 Å². The standard InChI is InChI=1S/C27H24FNO/c28-25-17-9-7-16-24(25)20-30-26-18-10-8-15-23(26)19-29-27(21-11-3-1-4-12-21)22-13-5-2-6-14-22/h1-18,27,29H,19-20H2. The van der Waals surface area contributed by atoms with Crippen LogP contribution in [0.5, 0.6) is 5.75 Å². The molecule has 0 heterocycles. The molecular weight excluding hydrogens is 373 g/mol. The Labute approximate surface area is 177 Å². The molecule has 1 N–H and O–H groups in total. The molecule has 0 aliphatic carbocycles. The minimum absolute atomic E-state index is 0.0621. The van der Waals surface area contributed by atoms with Crippen molar-refractivity contribution in [3.63, 3.8) is 0 Å². The van der Waals surface area contributed by atoms with Crippen molar-refractivity contribution < 1.29 is 9.13 Å². The first-order valence-electron chi connectivity index (χ1n) is 10.1. The van der Waals surface area contributed by atoms with E-state index in [1.807, 2.05) is 42.5 Å². The Balaban J connectivity index is 1.51. The third-order valence-corrected chi connectivity index (χ3v) is 5.08. The van der Waals surface area contributed by atoms with Crippen molar-refractivity contribution in [2.45, 2.75) is 19.2 Å². The van der Waals surface area contributed by atoms with Crippen LogP contribution in [-0.4, -0.2) is 0 Å². The number of halogens is 1. The summed E-state index contributed by atoms with van der Waals surface area (Å²) in [6.07, 6.45) is 0. The molecule has 0 atom stereocenters. The molecule has 0 aromatic heterocycles. The highest BCUT2D eigenvalue weighted by molar-refractivity contribution is 5.36. The van der Waals surface area contributed by atoms with Crippen LogP contribution >= 0.6 is 0 Å². The van der Waals surface area contributed by atoms with Crippen LogP contribution in [-0.2, 0) is 13.2 Å². The van der Waals surface area contributed by atoms with Crippen molar-refractivity contribution in [2.75, 3.05) is 0 Å². The van der Waals surface area contributed by atoms with Gasteiger partial charge < -0.3 is 10.1 Å². The number of nitrogens with one attached hydrogen (secondary N) is 1. The predicted molar refractivity (Wildman–Crippen MR) is 119 cm³/mol. The van der Waals surface area contributed by atoms with Crippen molar-refractivity contribution in [2.24, 2.45) is 0 Å². The van der Waals surface area contributed by atoms with E-state index in [9.17, 15) is 4.39 Å². The predicted octanol–water partition coefficient (Wildman–Crippen LogP) is 6.28. The van der Waals surface area contributed by atoms with Crippen LogP contribution in [0.15, 0.2) is 109 Å². The Kier molecular flexibility index (Phi) is 6.53. The summed E-state index contributed by atoms with van der Waals surface area (Å²) in [5, 5.41) is 3.66. The molecule has 3 heteroatoms. The minimum atomic E-state index is -0.249. The van der Waals surface area contributed by atoms with Crippen molar-refractivity contribution in [1.29, 1.82) is 0 Å². The number of hydrogen-bond donors (Lipinski definition) is 1. The average molecular weight is 397 g/mol. The van der Waals surface area contributed by atoms with E-state index in [0.717, 1.165) is 11.3 Å². The van der Waals surface area contributed by atoms with Crippen molar-refractivity contribution >= 4 is 0 Å². The molecular formula is C27H24FNO. The second-order valence-electron chi connectivity index (χ2n) is 7.12. The second-order valence-corrected chi connectivity index (χ2v) is 7.12. The number of ether oxygens (including phenoxy) is 1. The van der Waals surface area contributed by atoms with E-state index in [-0.39, 0.29) is 18.5 Å². The molecule has 0 radical (unpaired) electrons. The van der Waals surface area contributed by atoms with E-state index in [1.165, 1.54) is 17.2 Å². The lowest BCUT2D eigenvalue weighted by molar-refractivity contribution is 0.295. The van der Waals surface area contributed by atoms with Gasteiger partial charge in [0.1, 0.15) is 18.2 Å². The highest BCUT2D eigenvalue weighted by Crippen LogP contribution is 2.25. The zero-order valence-corrected chi connectivity index (χ0v) is 16.7. The topological polar surface area (TPSA) is 21.3 Å². The molecule has 0 amide bonds. The van der Waals surface area contributed by atoms with Gasteiger partial charge in [-0.25, -0.2) is 4.39 Å². The first kappa shape index (κ1) is 19.9. The Morgan fingerprint density at radius 1 is 0.633 bits per heavy atom. The number of hydrogen-bond acceptors (Lipinski definition) is 2. The highest BCUT2D eigenvalue weighted by atomic mass is 19.1. The quantitative estimate of drug-likeness (QED) is 0.378. The van der Waals surface area contributed by atoms with E-state index in [1.54, 1.807) is 12.1 Å². The normalized spacial score (nSPS) is 10.9. The van der Waals surface area contributed by atoms with Gasteiger partial charge >= 0.3 is 0 Å². The molecule has 4 aromatic carbocycles. The van der Waals surface area contributed by atoms with Gasteiger partial charge in [0.25, 0.3) is 0 Å². The number of benzene rings is 4. The molecule has 0 unspecified atom stereocenters. The SMILES string of the molecule is Fc1ccccc1COc1ccccc1CNC(c1ccccc1)c1ccccc1. The number of rotatable bonds is 8. The molecule has 0 bridgehead atoms. The summed E-state index contributed by atoms with van der Waals surface area (Å²) < 4.78 is 19.9. The molecule has 0 spiro atoms. The van der Waals surface area contributed by atoms with Crippen LogP contribution in [0.4, 0.5) is 4.39 Å². The molecule has 0 saturated heterocycles. The van der Waals surface area contributed by atoms with Crippen LogP contribution < -0.4 is 10.1 Å². The van der Waals surface area contributed by atoms with Crippen LogP contribution in [0.25, 0.3) is 0 Å². The van der Waals surface area contributed by atoms with E-state index < -0.39 is 0 Å². The van der Waals surface area contributed by atoms with Crippen LogP contribution in [0, 0.1) is 5.82 Å². The largest absolute Gasteiger partial charge is 0.488 e. The van der Waals surface area contributed by atoms with Crippen molar-refractivity contribution in [3.05, 3.63) is 137 Å². The third kappa shape index (κ3) is 4.94. The molecule has 0 aliphatic rings. The van der Waals surface area contributed by atoms with Crippen LogP contribution in [0.1, 0.15) is 28.3 Å². The number of para-hydroxylation sites is 1. The van der Waals surface area contributed by atoms with Gasteiger partial charge in [-0.1, -0.05) is 97.1 Å². The molecule has 2 nitrogen and oxygen atoms in total. The third-order valence-electron chi connectivity index (χ3n) is 5.08. The summed E-state index contributed by atoms with van der Waals surface area (Å²) in [5.41, 5.74) is 3.99. The van der Waals surface area contributed by atoms with E-state index in [2.05, 4.69) is 53.8 Å². The molecule has 150 valence electrons. The lowest BCUT2D eigenvalue weighted by atomic mass is 9.98. The zero-order valence-electron chi connectivity index (χ0n) is 16.7. The molecule has 0 fully saturated rings. The fourth-order valence-corrected chi connectivity index (χ4v) is 3.49. The van der Waals surface area contributed by atoms with Gasteiger partial charge in [-0.3, -0.25) is 0 Å². The molecule has 4 aromatic rings. The smallest absolute Gasteiger partial charge is 0.129 e. The van der Waals surface area contributed by atoms with Gasteiger partial charge in [-0.15, -0.1) is 0 Å². The summed E-state index contributed by atoms with van der Waals surface area (Å²) in [5.74, 6) is 0.509. The molecule has 0 saturated carbocycles. The Hall–Kier alpha value is -3.43. The van der Waals surface area contributed by atoms with Crippen molar-refractivity contribution in [3.8, 4) is 5.75 Å². The summed E-state index contributed by atoms with van der Waals surface area (Å²) >= 11 is 0. The Bertz CT molecular complexity index is 1030. The highest BCUT2D eigenvalue weighted by Gasteiger charge is 2.14. The van der Waals surface area contributed by atoms with Crippen molar-refractivity contribution in [1.82, 2.24) is 5.32 Å². The lowest BCUT2D eigenvalue weighted by Gasteiger charge is -2.21. The Morgan fingerprint density at radius 2 is 1.17 bits per heavy atom. The summed E-state index contributed by atoms with van der Waals surface area (Å²) in [7, 11) is 0. The maximum atomic E-state index is 13.9. The van der Waals surface area contributed by atoms with Gasteiger partial charge in [0.2, 0.25) is 0 Å². The summed E-state index contributed by atoms with van der Waals surface area (Å²) in [6, 6.07) is 35.5. The lowest BCUT2D eigenvalue weighted by Crippen LogP contribution is -2.22. The van der Waals surface area contributed by atoms with Gasteiger partial charge in [0.15, 0.2) is 0 Å². The second kappa shape index (κ2) is 9.86. The van der Waals surface area contributed by atoms with Gasteiger partial charge in [0, 0.05) is 17.7 Å². The van der Waals surface area contributed by atoms with E-state index in [4.69, 9.17) is 4.74 Å². The molecule has 4 rings (SSSR count). The van der Waals surface area contributed by atoms with Crippen LogP contribution in [0.2, 0.25) is 0 Å². The fraction of sp³-hybridized carbons (Fsp3) is 0.111. The summed E-state index contributed by atoms with van der Waals surface area (Å²) in [6.45, 7) is 0.826. The monoisotopic (exact) mass is 397 g/mol. The maximum Gasteiger partial charge on any atom is 0.129 e. The average Bonchev–Trinajstić information content (AvgIpc) is 2.81. The minimum Gasteiger partial charge on any atom is -0.488 e. The Morgan fingerprint density at radius 3 is 1.80 bits per heavy atom. The van der Waals surface area contributed by atoms with Crippen LogP contribution in [0.3, 0.4) is 0 Å². The molecule has 0 aliphatic heterocycles. The zero-order chi connectivity index (χ0) is 20.6. The molecule has 30 heavy (non-hydrogen) atoms. The van der Waals surface area contributed by atoms with E-state index in [0.29, 0.717) is 12.1 Å². The van der Waals surface area contributed by atoms with Gasteiger partial charge in [0.05, 0.1) is 6.04 Å².